The third-order valence-corrected chi connectivity index (χ3v) is 3.58. The molecular formula is C13H19N3O4S. The lowest BCUT2D eigenvalue weighted by molar-refractivity contribution is -0.136. The number of hydrogen-bond acceptors (Lipinski definition) is 4. The molecule has 0 radical (unpaired) electrons. The second-order valence-electron chi connectivity index (χ2n) is 4.96. The Balaban J connectivity index is 2.57. The number of nitrogens with one attached hydrogen (secondary N) is 2. The molecule has 0 atom stereocenters. The molecule has 1 rings (SSSR count). The van der Waals surface area contributed by atoms with Crippen LogP contribution in [0.15, 0.2) is 29.2 Å². The van der Waals surface area contributed by atoms with Crippen LogP contribution in [0, 0.1) is 5.92 Å². The molecular weight excluding hydrogens is 294 g/mol. The first-order valence-electron chi connectivity index (χ1n) is 6.42. The van der Waals surface area contributed by atoms with Crippen molar-refractivity contribution in [2.45, 2.75) is 25.2 Å². The fourth-order valence-corrected chi connectivity index (χ4v) is 1.99. The zero-order valence-corrected chi connectivity index (χ0v) is 12.7. The van der Waals surface area contributed by atoms with Crippen LogP contribution in [0.2, 0.25) is 0 Å². The molecule has 7 nitrogen and oxygen atoms in total. The average molecular weight is 313 g/mol. The maximum Gasteiger partial charge on any atom is 0.313 e. The van der Waals surface area contributed by atoms with Gasteiger partial charge in [0.05, 0.1) is 4.90 Å². The van der Waals surface area contributed by atoms with E-state index in [0.717, 1.165) is 6.42 Å². The van der Waals surface area contributed by atoms with Gasteiger partial charge in [-0.1, -0.05) is 13.8 Å². The minimum Gasteiger partial charge on any atom is -0.348 e. The van der Waals surface area contributed by atoms with E-state index >= 15 is 0 Å². The van der Waals surface area contributed by atoms with Gasteiger partial charge in [0.15, 0.2) is 0 Å². The summed E-state index contributed by atoms with van der Waals surface area (Å²) >= 11 is 0. The molecule has 1 aromatic carbocycles. The number of sulfonamides is 1. The summed E-state index contributed by atoms with van der Waals surface area (Å²) in [7, 11) is -3.78. The topological polar surface area (TPSA) is 118 Å². The van der Waals surface area contributed by atoms with Crippen molar-refractivity contribution in [2.75, 3.05) is 11.9 Å². The first kappa shape index (κ1) is 17.1. The Labute approximate surface area is 124 Å². The minimum absolute atomic E-state index is 0.0677. The lowest BCUT2D eigenvalue weighted by Crippen LogP contribution is -2.36. The van der Waals surface area contributed by atoms with Gasteiger partial charge in [-0.15, -0.1) is 0 Å². The number of rotatable bonds is 5. The van der Waals surface area contributed by atoms with Crippen LogP contribution in [0.3, 0.4) is 0 Å². The summed E-state index contributed by atoms with van der Waals surface area (Å²) in [6.07, 6.45) is 0.780. The molecule has 0 unspecified atom stereocenters. The molecule has 0 aromatic heterocycles. The standard InChI is InChI=1S/C13H19N3O4S/c1-9(2)7-8-15-12(17)13(18)16-10-3-5-11(6-4-10)21(14,19)20/h3-6,9H,7-8H2,1-2H3,(H,15,17)(H,16,18)(H2,14,19,20). The molecule has 8 heteroatoms. The van der Waals surface area contributed by atoms with Gasteiger partial charge in [0.1, 0.15) is 0 Å². The van der Waals surface area contributed by atoms with Gasteiger partial charge in [0.2, 0.25) is 10.0 Å². The second-order valence-corrected chi connectivity index (χ2v) is 6.52. The van der Waals surface area contributed by atoms with Crippen molar-refractivity contribution in [2.24, 2.45) is 11.1 Å². The van der Waals surface area contributed by atoms with Crippen molar-refractivity contribution >= 4 is 27.5 Å². The van der Waals surface area contributed by atoms with Crippen LogP contribution in [0.4, 0.5) is 5.69 Å². The van der Waals surface area contributed by atoms with Crippen molar-refractivity contribution in [3.8, 4) is 0 Å². The zero-order chi connectivity index (χ0) is 16.0. The zero-order valence-electron chi connectivity index (χ0n) is 11.9. The molecule has 0 bridgehead atoms. The Hall–Kier alpha value is -1.93. The number of primary sulfonamides is 1. The van der Waals surface area contributed by atoms with Gasteiger partial charge in [-0.05, 0) is 36.6 Å². The number of benzene rings is 1. The summed E-state index contributed by atoms with van der Waals surface area (Å²) in [4.78, 5) is 23.1. The molecule has 2 amide bonds. The van der Waals surface area contributed by atoms with Crippen molar-refractivity contribution in [3.05, 3.63) is 24.3 Å². The molecule has 0 aliphatic heterocycles. The second kappa shape index (κ2) is 7.19. The molecule has 0 spiro atoms. The lowest BCUT2D eigenvalue weighted by Gasteiger charge is -2.08. The fraction of sp³-hybridized carbons (Fsp3) is 0.385. The highest BCUT2D eigenvalue weighted by atomic mass is 32.2. The fourth-order valence-electron chi connectivity index (χ4n) is 1.47. The van der Waals surface area contributed by atoms with Gasteiger partial charge < -0.3 is 10.6 Å². The smallest absolute Gasteiger partial charge is 0.313 e. The molecule has 0 aliphatic carbocycles. The maximum atomic E-state index is 11.6. The number of carbonyl (C=O) groups excluding carboxylic acids is 2. The molecule has 0 aliphatic rings. The number of amides is 2. The van der Waals surface area contributed by atoms with Crippen molar-refractivity contribution < 1.29 is 18.0 Å². The van der Waals surface area contributed by atoms with Crippen LogP contribution in [-0.2, 0) is 19.6 Å². The van der Waals surface area contributed by atoms with Crippen LogP contribution in [0.1, 0.15) is 20.3 Å². The van der Waals surface area contributed by atoms with E-state index in [1.54, 1.807) is 0 Å². The van der Waals surface area contributed by atoms with Crippen molar-refractivity contribution in [1.82, 2.24) is 5.32 Å². The van der Waals surface area contributed by atoms with E-state index < -0.39 is 21.8 Å². The van der Waals surface area contributed by atoms with Gasteiger partial charge in [-0.25, -0.2) is 13.6 Å². The molecule has 21 heavy (non-hydrogen) atoms. The van der Waals surface area contributed by atoms with E-state index in [4.69, 9.17) is 5.14 Å². The van der Waals surface area contributed by atoms with Gasteiger partial charge in [0.25, 0.3) is 0 Å². The predicted octanol–water partition coefficient (Wildman–Crippen LogP) is 0.435. The van der Waals surface area contributed by atoms with Crippen LogP contribution in [0.25, 0.3) is 0 Å². The highest BCUT2D eigenvalue weighted by Gasteiger charge is 2.14. The van der Waals surface area contributed by atoms with Gasteiger partial charge in [-0.2, -0.15) is 0 Å². The van der Waals surface area contributed by atoms with Crippen LogP contribution >= 0.6 is 0 Å². The normalized spacial score (nSPS) is 11.2. The van der Waals surface area contributed by atoms with E-state index in [1.807, 2.05) is 13.8 Å². The summed E-state index contributed by atoms with van der Waals surface area (Å²) in [5.74, 6) is -1.10. The highest BCUT2D eigenvalue weighted by Crippen LogP contribution is 2.12. The molecule has 116 valence electrons. The number of anilines is 1. The molecule has 0 saturated carbocycles. The Morgan fingerprint density at radius 1 is 1.14 bits per heavy atom. The number of hydrogen-bond donors (Lipinski definition) is 3. The summed E-state index contributed by atoms with van der Waals surface area (Å²) in [5.41, 5.74) is 0.311. The van der Waals surface area contributed by atoms with Crippen LogP contribution in [-0.4, -0.2) is 26.8 Å². The molecule has 0 fully saturated rings. The van der Waals surface area contributed by atoms with Crippen molar-refractivity contribution in [1.29, 1.82) is 0 Å². The summed E-state index contributed by atoms with van der Waals surface area (Å²) < 4.78 is 22.1. The first-order chi connectivity index (χ1) is 9.70. The monoisotopic (exact) mass is 313 g/mol. The van der Waals surface area contributed by atoms with Gasteiger partial charge in [-0.3, -0.25) is 9.59 Å². The minimum atomic E-state index is -3.78. The largest absolute Gasteiger partial charge is 0.348 e. The Kier molecular flexibility index (Phi) is 5.86. The van der Waals surface area contributed by atoms with E-state index in [2.05, 4.69) is 10.6 Å². The first-order valence-corrected chi connectivity index (χ1v) is 7.97. The third-order valence-electron chi connectivity index (χ3n) is 2.65. The summed E-state index contributed by atoms with van der Waals surface area (Å²) in [5, 5.41) is 9.83. The average Bonchev–Trinajstić information content (AvgIpc) is 2.37. The number of nitrogens with two attached hydrogens (primary N) is 1. The Morgan fingerprint density at radius 3 is 2.19 bits per heavy atom. The quantitative estimate of drug-likeness (QED) is 0.683. The Morgan fingerprint density at radius 2 is 1.71 bits per heavy atom. The van der Waals surface area contributed by atoms with E-state index in [-0.39, 0.29) is 4.90 Å². The van der Waals surface area contributed by atoms with Gasteiger partial charge in [0, 0.05) is 12.2 Å². The third kappa shape index (κ3) is 5.92. The lowest BCUT2D eigenvalue weighted by atomic mass is 10.1. The molecule has 0 heterocycles. The predicted molar refractivity (Wildman–Crippen MR) is 78.9 cm³/mol. The Bertz CT molecular complexity index is 609. The van der Waals surface area contributed by atoms with E-state index in [0.29, 0.717) is 18.2 Å². The maximum absolute atomic E-state index is 11.6. The van der Waals surface area contributed by atoms with Crippen LogP contribution < -0.4 is 15.8 Å². The number of carbonyl (C=O) groups is 2. The summed E-state index contributed by atoms with van der Waals surface area (Å²) in [6.45, 7) is 4.45. The summed E-state index contributed by atoms with van der Waals surface area (Å²) in [6, 6.07) is 5.22. The molecule has 1 aromatic rings. The van der Waals surface area contributed by atoms with Crippen molar-refractivity contribution in [3.63, 3.8) is 0 Å². The molecule has 0 saturated heterocycles. The van der Waals surface area contributed by atoms with E-state index in [1.165, 1.54) is 24.3 Å². The highest BCUT2D eigenvalue weighted by molar-refractivity contribution is 7.89. The van der Waals surface area contributed by atoms with E-state index in [9.17, 15) is 18.0 Å². The van der Waals surface area contributed by atoms with Gasteiger partial charge >= 0.3 is 11.8 Å². The SMILES string of the molecule is CC(C)CCNC(=O)C(=O)Nc1ccc(S(N)(=O)=O)cc1. The van der Waals surface area contributed by atoms with Crippen LogP contribution in [0.5, 0.6) is 0 Å². The molecule has 4 N–H and O–H groups in total.